The molecule has 1 aromatic carbocycles. The van der Waals surface area contributed by atoms with E-state index in [4.69, 9.17) is 19.4 Å². The van der Waals surface area contributed by atoms with Crippen LogP contribution in [0.3, 0.4) is 0 Å². The number of Topliss-reactive ketones (excluding diaryl/α,β-unsaturated/α-hetero) is 1. The summed E-state index contributed by atoms with van der Waals surface area (Å²) in [5.74, 6) is 0.541. The van der Waals surface area contributed by atoms with Crippen molar-refractivity contribution in [2.45, 2.75) is 98.7 Å². The zero-order valence-corrected chi connectivity index (χ0v) is 33.0. The van der Waals surface area contributed by atoms with Crippen LogP contribution in [0, 0.1) is 10.5 Å². The number of aromatic amines is 2. The molecular formula is C43H47IN4O3. The Hall–Kier alpha value is -4.02. The van der Waals surface area contributed by atoms with Gasteiger partial charge in [0.2, 0.25) is 5.78 Å². The van der Waals surface area contributed by atoms with Crippen molar-refractivity contribution < 1.29 is 14.3 Å². The summed E-state index contributed by atoms with van der Waals surface area (Å²) in [6.07, 6.45) is 5.63. The molecule has 0 radical (unpaired) electrons. The maximum atomic E-state index is 14.3. The monoisotopic (exact) mass is 794 g/mol. The maximum absolute atomic E-state index is 14.3. The summed E-state index contributed by atoms with van der Waals surface area (Å²) in [5, 5.41) is 0. The first kappa shape index (κ1) is 35.4. The quantitative estimate of drug-likeness (QED) is 0.210. The molecule has 51 heavy (non-hydrogen) atoms. The summed E-state index contributed by atoms with van der Waals surface area (Å²) in [6, 6.07) is 14.9. The van der Waals surface area contributed by atoms with Crippen molar-refractivity contribution in [1.29, 1.82) is 0 Å². The van der Waals surface area contributed by atoms with Gasteiger partial charge < -0.3 is 19.4 Å². The molecule has 0 saturated carbocycles. The van der Waals surface area contributed by atoms with Crippen molar-refractivity contribution >= 4 is 67.8 Å². The molecule has 8 bridgehead atoms. The van der Waals surface area contributed by atoms with Crippen LogP contribution < -0.4 is 0 Å². The number of halogens is 1. The molecule has 7 nitrogen and oxygen atoms in total. The van der Waals surface area contributed by atoms with Gasteiger partial charge in [0.1, 0.15) is 0 Å². The van der Waals surface area contributed by atoms with Crippen LogP contribution in [0.4, 0.5) is 0 Å². The molecule has 0 unspecified atom stereocenters. The highest BCUT2D eigenvalue weighted by Crippen LogP contribution is 2.45. The number of unbranched alkanes of at least 4 members (excludes halogenated alkanes) is 1. The smallest absolute Gasteiger partial charge is 0.231 e. The Bertz CT molecular complexity index is 2230. The van der Waals surface area contributed by atoms with E-state index in [9.17, 15) is 4.79 Å². The molecule has 3 aromatic rings. The molecule has 8 heteroatoms. The number of benzene rings is 1. The van der Waals surface area contributed by atoms with Crippen LogP contribution >= 0.6 is 22.6 Å². The van der Waals surface area contributed by atoms with Gasteiger partial charge in [0.05, 0.1) is 53.7 Å². The number of H-pyrrole nitrogens is 2. The molecule has 1 aliphatic carbocycles. The standard InChI is InChI=1S/C43H47IN4O3/c1-9-11-15-30-23(4)33-18-35-25(6)39(26(7)51-21-27-13-12-14-28(44)16-27)37(46-35)20-32-22(3)29(10-2)36(45-32)19-34-24(5)31-17-38(50-8)43(49)40(41(30)47-33)42(31)48-34/h12-14,16-20,23,26,30,47-48H,9-11,15,21H2,1-8H3/t23-,26-,30-/m0/s1. The summed E-state index contributed by atoms with van der Waals surface area (Å²) >= 11 is 2.34. The second kappa shape index (κ2) is 14.2. The lowest BCUT2D eigenvalue weighted by molar-refractivity contribution is 0.0904. The molecule has 4 aliphatic rings. The van der Waals surface area contributed by atoms with Gasteiger partial charge in [0.25, 0.3) is 0 Å². The molecule has 2 N–H and O–H groups in total. The predicted molar refractivity (Wildman–Crippen MR) is 216 cm³/mol. The molecule has 2 aromatic heterocycles. The number of aryl methyl sites for hydroxylation is 1. The fourth-order valence-corrected chi connectivity index (χ4v) is 8.71. The highest BCUT2D eigenvalue weighted by Gasteiger charge is 2.36. The normalized spacial score (nSPS) is 18.3. The highest BCUT2D eigenvalue weighted by molar-refractivity contribution is 14.1. The minimum absolute atomic E-state index is 0.101. The van der Waals surface area contributed by atoms with Crippen LogP contribution in [0.1, 0.15) is 140 Å². The van der Waals surface area contributed by atoms with Crippen molar-refractivity contribution in [2.24, 2.45) is 0 Å². The number of allylic oxidation sites excluding steroid dienone is 4. The minimum atomic E-state index is -0.205. The number of nitrogens with zero attached hydrogens (tertiary/aromatic N) is 2. The lowest BCUT2D eigenvalue weighted by atomic mass is 9.83. The number of ketones is 1. The summed E-state index contributed by atoms with van der Waals surface area (Å²) in [5.41, 5.74) is 15.8. The zero-order chi connectivity index (χ0) is 36.1. The third-order valence-corrected chi connectivity index (χ3v) is 11.8. The van der Waals surface area contributed by atoms with Gasteiger partial charge in [-0.15, -0.1) is 0 Å². The topological polar surface area (TPSA) is 92.9 Å². The largest absolute Gasteiger partial charge is 0.493 e. The predicted octanol–water partition coefficient (Wildman–Crippen LogP) is 11.1. The number of aromatic nitrogens is 4. The summed E-state index contributed by atoms with van der Waals surface area (Å²) in [4.78, 5) is 32.3. The molecule has 5 heterocycles. The molecular weight excluding hydrogens is 747 g/mol. The van der Waals surface area contributed by atoms with Crippen LogP contribution in [-0.4, -0.2) is 38.9 Å². The van der Waals surface area contributed by atoms with Gasteiger partial charge in [-0.1, -0.05) is 45.7 Å². The molecule has 3 aliphatic heterocycles. The van der Waals surface area contributed by atoms with E-state index in [0.717, 1.165) is 104 Å². The Morgan fingerprint density at radius 3 is 2.45 bits per heavy atom. The summed E-state index contributed by atoms with van der Waals surface area (Å²) in [7, 11) is 1.58. The average molecular weight is 795 g/mol. The number of rotatable bonds is 9. The number of nitrogens with one attached hydrogen (secondary N) is 2. The van der Waals surface area contributed by atoms with Gasteiger partial charge >= 0.3 is 0 Å². The average Bonchev–Trinajstić information content (AvgIpc) is 3.79. The third kappa shape index (κ3) is 6.28. The number of ether oxygens (including phenoxy) is 2. The maximum Gasteiger partial charge on any atom is 0.231 e. The van der Waals surface area contributed by atoms with E-state index in [1.807, 2.05) is 6.08 Å². The fraction of sp³-hybridized carbons (Fsp3) is 0.372. The van der Waals surface area contributed by atoms with E-state index in [0.29, 0.717) is 17.9 Å². The number of methoxy groups -OCH3 is 1. The fourth-order valence-electron chi connectivity index (χ4n) is 8.10. The van der Waals surface area contributed by atoms with Crippen LogP contribution in [0.15, 0.2) is 48.2 Å². The van der Waals surface area contributed by atoms with Crippen LogP contribution in [-0.2, 0) is 16.1 Å². The number of carbonyl (C=O) groups excluding carboxylic acids is 1. The van der Waals surface area contributed by atoms with Gasteiger partial charge in [0, 0.05) is 43.4 Å². The number of hydrogen-bond acceptors (Lipinski definition) is 5. The Balaban J connectivity index is 1.52. The van der Waals surface area contributed by atoms with Crippen molar-refractivity contribution in [2.75, 3.05) is 7.11 Å². The number of carbonyl (C=O) groups is 1. The van der Waals surface area contributed by atoms with Crippen molar-refractivity contribution in [1.82, 2.24) is 19.9 Å². The molecule has 0 spiro atoms. The summed E-state index contributed by atoms with van der Waals surface area (Å²) < 4.78 is 13.5. The molecule has 0 amide bonds. The number of hydrogen-bond donors (Lipinski definition) is 2. The van der Waals surface area contributed by atoms with Crippen LogP contribution in [0.2, 0.25) is 0 Å². The van der Waals surface area contributed by atoms with Crippen molar-refractivity contribution in [3.63, 3.8) is 0 Å². The highest BCUT2D eigenvalue weighted by atomic mass is 127. The second-order valence-electron chi connectivity index (χ2n) is 14.2. The van der Waals surface area contributed by atoms with Crippen molar-refractivity contribution in [3.8, 4) is 0 Å². The van der Waals surface area contributed by atoms with Gasteiger partial charge in [0.15, 0.2) is 5.76 Å². The Morgan fingerprint density at radius 1 is 0.961 bits per heavy atom. The van der Waals surface area contributed by atoms with Gasteiger partial charge in [-0.3, -0.25) is 4.79 Å². The van der Waals surface area contributed by atoms with E-state index < -0.39 is 0 Å². The molecule has 7 rings (SSSR count). The Kier molecular flexibility index (Phi) is 9.84. The van der Waals surface area contributed by atoms with E-state index >= 15 is 0 Å². The SMILES string of the molecule is CCCC[C@@H]1c2[nH]c(cc3nc(cc4nc(cc5[nH]c6c(c5C)C=C(OC)C(=O)c26)C(CC)=C4C)C([C@H](C)OCc2cccc(I)c2)=C3C)[C@H]1C. The lowest BCUT2D eigenvalue weighted by Gasteiger charge is -2.20. The first-order valence-corrected chi connectivity index (χ1v) is 19.3. The van der Waals surface area contributed by atoms with E-state index in [1.54, 1.807) is 7.11 Å². The van der Waals surface area contributed by atoms with Crippen LogP contribution in [0.25, 0.3) is 39.4 Å². The summed E-state index contributed by atoms with van der Waals surface area (Å²) in [6.45, 7) is 15.7. The molecule has 0 fully saturated rings. The third-order valence-electron chi connectivity index (χ3n) is 11.1. The second-order valence-corrected chi connectivity index (χ2v) is 15.4. The van der Waals surface area contributed by atoms with E-state index in [-0.39, 0.29) is 23.7 Å². The lowest BCUT2D eigenvalue weighted by Crippen LogP contribution is -2.14. The first-order valence-electron chi connectivity index (χ1n) is 18.2. The van der Waals surface area contributed by atoms with E-state index in [1.165, 1.54) is 9.14 Å². The number of fused-ring (bicyclic) bond motifs is 8. The van der Waals surface area contributed by atoms with Crippen LogP contribution in [0.5, 0.6) is 0 Å². The minimum Gasteiger partial charge on any atom is -0.493 e. The molecule has 0 saturated heterocycles. The first-order chi connectivity index (χ1) is 24.5. The Labute approximate surface area is 314 Å². The van der Waals surface area contributed by atoms with Gasteiger partial charge in [-0.2, -0.15) is 0 Å². The molecule has 3 atom stereocenters. The van der Waals surface area contributed by atoms with Gasteiger partial charge in [-0.05, 0) is 127 Å². The zero-order valence-electron chi connectivity index (χ0n) is 30.9. The Morgan fingerprint density at radius 2 is 1.73 bits per heavy atom. The van der Waals surface area contributed by atoms with E-state index in [2.05, 4.69) is 123 Å². The van der Waals surface area contributed by atoms with Crippen molar-refractivity contribution in [3.05, 3.63) is 108 Å². The molecule has 264 valence electrons. The van der Waals surface area contributed by atoms with Gasteiger partial charge in [-0.25, -0.2) is 9.97 Å².